The van der Waals surface area contributed by atoms with Crippen LogP contribution in [0, 0.1) is 0 Å². The molecule has 0 spiro atoms. The molecule has 0 heterocycles. The van der Waals surface area contributed by atoms with Crippen LogP contribution < -0.4 is 0 Å². The molecule has 5 heteroatoms. The van der Waals surface area contributed by atoms with Crippen LogP contribution in [0.3, 0.4) is 0 Å². The van der Waals surface area contributed by atoms with Crippen molar-refractivity contribution < 1.29 is 25.5 Å². The predicted molar refractivity (Wildman–Crippen MR) is 39.3 cm³/mol. The van der Waals surface area contributed by atoms with E-state index in [0.717, 1.165) is 0 Å². The minimum Gasteiger partial charge on any atom is -0.390 e. The van der Waals surface area contributed by atoms with Crippen molar-refractivity contribution >= 4 is 0 Å². The summed E-state index contributed by atoms with van der Waals surface area (Å²) in [6.07, 6.45) is -6.03. The topological polar surface area (TPSA) is 101 Å². The van der Waals surface area contributed by atoms with Crippen LogP contribution in [-0.4, -0.2) is 56.1 Å². The maximum Gasteiger partial charge on any atom is 0.111 e. The van der Waals surface area contributed by atoms with Gasteiger partial charge in [-0.05, 0) is 12.8 Å². The molecule has 1 fully saturated rings. The summed E-state index contributed by atoms with van der Waals surface area (Å²) in [5, 5.41) is 45.7. The van der Waals surface area contributed by atoms with Crippen molar-refractivity contribution in [2.45, 2.75) is 43.4 Å². The Morgan fingerprint density at radius 3 is 1.25 bits per heavy atom. The highest BCUT2D eigenvalue weighted by Crippen LogP contribution is 2.19. The first kappa shape index (κ1) is 9.88. The monoisotopic (exact) mass is 178 g/mol. The first-order valence-corrected chi connectivity index (χ1v) is 3.94. The van der Waals surface area contributed by atoms with Crippen LogP contribution in [0.2, 0.25) is 0 Å². The van der Waals surface area contributed by atoms with Gasteiger partial charge in [-0.1, -0.05) is 0 Å². The minimum absolute atomic E-state index is 0.177. The average molecular weight is 178 g/mol. The molecule has 1 aliphatic rings. The lowest BCUT2D eigenvalue weighted by molar-refractivity contribution is -0.116. The number of hydrogen-bond acceptors (Lipinski definition) is 5. The molecule has 4 atom stereocenters. The second-order valence-corrected chi connectivity index (χ2v) is 3.18. The zero-order chi connectivity index (χ0) is 9.30. The van der Waals surface area contributed by atoms with Crippen molar-refractivity contribution in [1.82, 2.24) is 0 Å². The highest BCUT2D eigenvalue weighted by molar-refractivity contribution is 4.89. The van der Waals surface area contributed by atoms with Crippen molar-refractivity contribution in [3.05, 3.63) is 0 Å². The number of rotatable bonds is 0. The van der Waals surface area contributed by atoms with Gasteiger partial charge in [0, 0.05) is 0 Å². The second-order valence-electron chi connectivity index (χ2n) is 3.18. The Labute approximate surface area is 69.9 Å². The van der Waals surface area contributed by atoms with E-state index in [2.05, 4.69) is 0 Å². The summed E-state index contributed by atoms with van der Waals surface area (Å²) in [5.41, 5.74) is 0. The van der Waals surface area contributed by atoms with Crippen molar-refractivity contribution in [2.24, 2.45) is 0 Å². The average Bonchev–Trinajstić information content (AvgIpc) is 2.14. The third kappa shape index (κ3) is 1.75. The molecule has 0 radical (unpaired) electrons. The highest BCUT2D eigenvalue weighted by Gasteiger charge is 2.37. The highest BCUT2D eigenvalue weighted by atomic mass is 16.4. The minimum atomic E-state index is -1.47. The van der Waals surface area contributed by atoms with Gasteiger partial charge in [0.15, 0.2) is 0 Å². The van der Waals surface area contributed by atoms with E-state index in [-0.39, 0.29) is 12.8 Å². The largest absolute Gasteiger partial charge is 0.390 e. The fourth-order valence-electron chi connectivity index (χ4n) is 1.34. The van der Waals surface area contributed by atoms with E-state index in [0.29, 0.717) is 0 Å². The van der Waals surface area contributed by atoms with Gasteiger partial charge in [0.05, 0.1) is 12.2 Å². The molecule has 5 N–H and O–H groups in total. The summed E-state index contributed by atoms with van der Waals surface area (Å²) in [6, 6.07) is 0. The Morgan fingerprint density at radius 1 is 0.583 bits per heavy atom. The number of aliphatic hydroxyl groups is 5. The van der Waals surface area contributed by atoms with Gasteiger partial charge in [0.2, 0.25) is 0 Å². The summed E-state index contributed by atoms with van der Waals surface area (Å²) >= 11 is 0. The van der Waals surface area contributed by atoms with E-state index in [9.17, 15) is 0 Å². The van der Waals surface area contributed by atoms with Crippen LogP contribution in [-0.2, 0) is 0 Å². The van der Waals surface area contributed by atoms with Gasteiger partial charge in [0.1, 0.15) is 18.3 Å². The van der Waals surface area contributed by atoms with Gasteiger partial charge >= 0.3 is 0 Å². The molecule has 0 amide bonds. The summed E-state index contributed by atoms with van der Waals surface area (Å²) < 4.78 is 0. The van der Waals surface area contributed by atoms with Crippen LogP contribution in [0.5, 0.6) is 0 Å². The number of aliphatic hydroxyl groups excluding tert-OH is 5. The Morgan fingerprint density at radius 2 is 0.917 bits per heavy atom. The molecule has 0 aromatic heterocycles. The lowest BCUT2D eigenvalue weighted by Gasteiger charge is -2.23. The Hall–Kier alpha value is -0.200. The van der Waals surface area contributed by atoms with Crippen LogP contribution in [0.15, 0.2) is 0 Å². The van der Waals surface area contributed by atoms with Crippen LogP contribution in [0.25, 0.3) is 0 Å². The lowest BCUT2D eigenvalue weighted by Crippen LogP contribution is -2.45. The normalized spacial score (nSPS) is 50.2. The molecule has 1 aliphatic carbocycles. The summed E-state index contributed by atoms with van der Waals surface area (Å²) in [7, 11) is 0. The second kappa shape index (κ2) is 3.68. The Bertz CT molecular complexity index is 135. The molecule has 12 heavy (non-hydrogen) atoms. The summed E-state index contributed by atoms with van der Waals surface area (Å²) in [4.78, 5) is 0. The van der Waals surface area contributed by atoms with Gasteiger partial charge in [-0.3, -0.25) is 0 Å². The van der Waals surface area contributed by atoms with Gasteiger partial charge < -0.3 is 25.5 Å². The molecule has 4 unspecified atom stereocenters. The third-order valence-electron chi connectivity index (χ3n) is 2.25. The first-order chi connectivity index (χ1) is 5.54. The van der Waals surface area contributed by atoms with E-state index in [1.807, 2.05) is 0 Å². The van der Waals surface area contributed by atoms with Crippen LogP contribution >= 0.6 is 0 Å². The predicted octanol–water partition coefficient (Wildman–Crippen LogP) is -2.42. The maximum absolute atomic E-state index is 9.15. The van der Waals surface area contributed by atoms with Crippen LogP contribution in [0.4, 0.5) is 0 Å². The van der Waals surface area contributed by atoms with Crippen LogP contribution in [0.1, 0.15) is 12.8 Å². The molecule has 0 bridgehead atoms. The fraction of sp³-hybridized carbons (Fsp3) is 1.00. The molecular weight excluding hydrogens is 164 g/mol. The van der Waals surface area contributed by atoms with Crippen molar-refractivity contribution in [2.75, 3.05) is 0 Å². The van der Waals surface area contributed by atoms with Gasteiger partial charge in [-0.15, -0.1) is 0 Å². The standard InChI is InChI=1S/C7H14O5/c8-3-1-2-4(9)6(11)7(12)5(3)10/h3-12H,1-2H2. The lowest BCUT2D eigenvalue weighted by atomic mass is 10.0. The molecule has 1 saturated carbocycles. The maximum atomic E-state index is 9.15. The van der Waals surface area contributed by atoms with E-state index in [4.69, 9.17) is 25.5 Å². The van der Waals surface area contributed by atoms with E-state index in [1.165, 1.54) is 0 Å². The quantitative estimate of drug-likeness (QED) is 0.266. The zero-order valence-corrected chi connectivity index (χ0v) is 6.54. The summed E-state index contributed by atoms with van der Waals surface area (Å²) in [5.74, 6) is 0. The molecule has 72 valence electrons. The van der Waals surface area contributed by atoms with Crippen molar-refractivity contribution in [1.29, 1.82) is 0 Å². The molecular formula is C7H14O5. The Kier molecular flexibility index (Phi) is 3.03. The SMILES string of the molecule is OC1CCC(O)C(O)C(O)C1O. The molecule has 1 rings (SSSR count). The van der Waals surface area contributed by atoms with E-state index < -0.39 is 30.5 Å². The molecule has 0 aromatic carbocycles. The molecule has 0 aromatic rings. The number of hydrogen-bond donors (Lipinski definition) is 5. The summed E-state index contributed by atoms with van der Waals surface area (Å²) in [6.45, 7) is 0. The third-order valence-corrected chi connectivity index (χ3v) is 2.25. The van der Waals surface area contributed by atoms with E-state index >= 15 is 0 Å². The molecule has 0 aliphatic heterocycles. The van der Waals surface area contributed by atoms with Gasteiger partial charge in [0.25, 0.3) is 0 Å². The Balaban J connectivity index is 2.68. The van der Waals surface area contributed by atoms with E-state index in [1.54, 1.807) is 0 Å². The van der Waals surface area contributed by atoms with Crippen molar-refractivity contribution in [3.63, 3.8) is 0 Å². The molecule has 5 nitrogen and oxygen atoms in total. The molecule has 0 saturated heterocycles. The van der Waals surface area contributed by atoms with Gasteiger partial charge in [-0.25, -0.2) is 0 Å². The smallest absolute Gasteiger partial charge is 0.111 e. The first-order valence-electron chi connectivity index (χ1n) is 3.94. The fourth-order valence-corrected chi connectivity index (χ4v) is 1.34. The van der Waals surface area contributed by atoms with Gasteiger partial charge in [-0.2, -0.15) is 0 Å². The van der Waals surface area contributed by atoms with Crippen molar-refractivity contribution in [3.8, 4) is 0 Å². The zero-order valence-electron chi connectivity index (χ0n) is 6.54.